The summed E-state index contributed by atoms with van der Waals surface area (Å²) in [4.78, 5) is 10.8. The fourth-order valence-corrected chi connectivity index (χ4v) is 2.45. The minimum absolute atomic E-state index is 0.0869. The predicted octanol–water partition coefficient (Wildman–Crippen LogP) is 0.601. The average molecular weight is 307 g/mol. The van der Waals surface area contributed by atoms with Crippen molar-refractivity contribution >= 4 is 31.9 Å². The second-order valence-electron chi connectivity index (χ2n) is 3.20. The summed E-state index contributed by atoms with van der Waals surface area (Å²) in [5, 5.41) is 0. The van der Waals surface area contributed by atoms with E-state index in [1.165, 1.54) is 19.1 Å². The third-order valence-electron chi connectivity index (χ3n) is 1.88. The van der Waals surface area contributed by atoms with Crippen LogP contribution < -0.4 is 10.5 Å². The third-order valence-corrected chi connectivity index (χ3v) is 3.97. The summed E-state index contributed by atoms with van der Waals surface area (Å²) in [5.74, 6) is -0.722. The molecule has 0 aliphatic heterocycles. The Morgan fingerprint density at radius 2 is 1.88 bits per heavy atom. The molecule has 0 fully saturated rings. The van der Waals surface area contributed by atoms with Crippen molar-refractivity contribution in [2.75, 3.05) is 0 Å². The third kappa shape index (κ3) is 3.29. The van der Waals surface area contributed by atoms with Gasteiger partial charge in [0.25, 0.3) is 0 Å². The molecule has 1 atom stereocenters. The highest BCUT2D eigenvalue weighted by molar-refractivity contribution is 9.10. The van der Waals surface area contributed by atoms with E-state index >= 15 is 0 Å². The van der Waals surface area contributed by atoms with Crippen LogP contribution in [0.25, 0.3) is 0 Å². The highest BCUT2D eigenvalue weighted by Gasteiger charge is 2.19. The number of carbonyl (C=O) groups excluding carboxylic acids is 1. The van der Waals surface area contributed by atoms with Gasteiger partial charge in [0.2, 0.25) is 15.9 Å². The Bertz CT molecular complexity index is 484. The molecule has 0 unspecified atom stereocenters. The summed E-state index contributed by atoms with van der Waals surface area (Å²) in [6.45, 7) is 1.39. The quantitative estimate of drug-likeness (QED) is 0.853. The highest BCUT2D eigenvalue weighted by Crippen LogP contribution is 2.14. The molecule has 1 rings (SSSR count). The van der Waals surface area contributed by atoms with Gasteiger partial charge in [-0.15, -0.1) is 0 Å². The van der Waals surface area contributed by atoms with Gasteiger partial charge in [-0.05, 0) is 31.2 Å². The Morgan fingerprint density at radius 1 is 1.38 bits per heavy atom. The largest absolute Gasteiger partial charge is 0.368 e. The lowest BCUT2D eigenvalue weighted by atomic mass is 10.4. The summed E-state index contributed by atoms with van der Waals surface area (Å²) < 4.78 is 26.4. The van der Waals surface area contributed by atoms with E-state index in [9.17, 15) is 13.2 Å². The maximum atomic E-state index is 11.7. The van der Waals surface area contributed by atoms with Crippen LogP contribution in [0, 0.1) is 0 Å². The molecule has 1 amide bonds. The zero-order valence-electron chi connectivity index (χ0n) is 8.48. The van der Waals surface area contributed by atoms with Gasteiger partial charge in [0, 0.05) is 4.47 Å². The molecule has 0 saturated carbocycles. The fraction of sp³-hybridized carbons (Fsp3) is 0.222. The molecular weight excluding hydrogens is 296 g/mol. The van der Waals surface area contributed by atoms with Crippen molar-refractivity contribution in [3.05, 3.63) is 28.7 Å². The smallest absolute Gasteiger partial charge is 0.241 e. The minimum Gasteiger partial charge on any atom is -0.368 e. The molecule has 7 heteroatoms. The van der Waals surface area contributed by atoms with Gasteiger partial charge in [-0.2, -0.15) is 4.72 Å². The number of sulfonamides is 1. The van der Waals surface area contributed by atoms with Crippen LogP contribution in [0.1, 0.15) is 6.92 Å². The number of carbonyl (C=O) groups is 1. The van der Waals surface area contributed by atoms with E-state index in [1.54, 1.807) is 12.1 Å². The number of hydrogen-bond donors (Lipinski definition) is 2. The molecule has 0 heterocycles. The first-order valence-electron chi connectivity index (χ1n) is 4.40. The first-order valence-corrected chi connectivity index (χ1v) is 6.68. The predicted molar refractivity (Wildman–Crippen MR) is 63.1 cm³/mol. The molecule has 0 bridgehead atoms. The molecule has 0 aromatic heterocycles. The van der Waals surface area contributed by atoms with Crippen LogP contribution in [0.5, 0.6) is 0 Å². The van der Waals surface area contributed by atoms with Crippen molar-refractivity contribution in [1.82, 2.24) is 4.72 Å². The average Bonchev–Trinajstić information content (AvgIpc) is 2.17. The van der Waals surface area contributed by atoms with Crippen molar-refractivity contribution in [1.29, 1.82) is 0 Å². The molecule has 0 aliphatic carbocycles. The lowest BCUT2D eigenvalue weighted by molar-refractivity contribution is -0.119. The molecular formula is C9H11BrN2O3S. The van der Waals surface area contributed by atoms with E-state index in [0.29, 0.717) is 0 Å². The molecule has 0 spiro atoms. The number of nitrogens with one attached hydrogen (secondary N) is 1. The van der Waals surface area contributed by atoms with Crippen LogP contribution in [0.15, 0.2) is 33.6 Å². The van der Waals surface area contributed by atoms with Crippen molar-refractivity contribution < 1.29 is 13.2 Å². The van der Waals surface area contributed by atoms with Crippen molar-refractivity contribution in [3.63, 3.8) is 0 Å². The fourth-order valence-electron chi connectivity index (χ4n) is 0.973. The molecule has 0 aliphatic rings. The van der Waals surface area contributed by atoms with Crippen molar-refractivity contribution in [3.8, 4) is 0 Å². The Kier molecular flexibility index (Phi) is 4.06. The molecule has 5 nitrogen and oxygen atoms in total. The monoisotopic (exact) mass is 306 g/mol. The van der Waals surface area contributed by atoms with E-state index in [4.69, 9.17) is 5.73 Å². The SMILES string of the molecule is C[C@@H](NS(=O)(=O)c1ccc(Br)cc1)C(N)=O. The number of benzene rings is 1. The zero-order chi connectivity index (χ0) is 12.3. The summed E-state index contributed by atoms with van der Waals surface area (Å²) >= 11 is 3.20. The lowest BCUT2D eigenvalue weighted by Crippen LogP contribution is -2.42. The maximum absolute atomic E-state index is 11.7. The van der Waals surface area contributed by atoms with Crippen molar-refractivity contribution in [2.24, 2.45) is 5.73 Å². The molecule has 1 aromatic carbocycles. The second kappa shape index (κ2) is 4.94. The first-order chi connectivity index (χ1) is 7.33. The molecule has 16 heavy (non-hydrogen) atoms. The number of hydrogen-bond acceptors (Lipinski definition) is 3. The topological polar surface area (TPSA) is 89.3 Å². The van der Waals surface area contributed by atoms with Crippen LogP contribution in [-0.4, -0.2) is 20.4 Å². The van der Waals surface area contributed by atoms with Crippen molar-refractivity contribution in [2.45, 2.75) is 17.9 Å². The number of rotatable bonds is 4. The van der Waals surface area contributed by atoms with Gasteiger partial charge in [-0.25, -0.2) is 8.42 Å². The number of amides is 1. The van der Waals surface area contributed by atoms with Crippen LogP contribution in [0.4, 0.5) is 0 Å². The van der Waals surface area contributed by atoms with Crippen LogP contribution in [-0.2, 0) is 14.8 Å². The van der Waals surface area contributed by atoms with Gasteiger partial charge in [0.05, 0.1) is 10.9 Å². The van der Waals surface area contributed by atoms with E-state index in [-0.39, 0.29) is 4.90 Å². The highest BCUT2D eigenvalue weighted by atomic mass is 79.9. The van der Waals surface area contributed by atoms with Gasteiger partial charge in [-0.3, -0.25) is 4.79 Å². The summed E-state index contributed by atoms with van der Waals surface area (Å²) in [5.41, 5.74) is 4.97. The Balaban J connectivity index is 2.94. The van der Waals surface area contributed by atoms with Gasteiger partial charge < -0.3 is 5.73 Å². The number of nitrogens with two attached hydrogens (primary N) is 1. The minimum atomic E-state index is -3.69. The van der Waals surface area contributed by atoms with E-state index < -0.39 is 22.0 Å². The van der Waals surface area contributed by atoms with Crippen LogP contribution in [0.2, 0.25) is 0 Å². The van der Waals surface area contributed by atoms with Gasteiger partial charge in [0.1, 0.15) is 0 Å². The number of primary amides is 1. The second-order valence-corrected chi connectivity index (χ2v) is 5.83. The molecule has 1 aromatic rings. The van der Waals surface area contributed by atoms with Crippen LogP contribution in [0.3, 0.4) is 0 Å². The lowest BCUT2D eigenvalue weighted by Gasteiger charge is -2.10. The van der Waals surface area contributed by atoms with E-state index in [0.717, 1.165) is 4.47 Å². The molecule has 88 valence electrons. The summed E-state index contributed by atoms with van der Waals surface area (Å²) in [7, 11) is -3.69. The molecule has 0 saturated heterocycles. The first kappa shape index (κ1) is 13.1. The molecule has 3 N–H and O–H groups in total. The Hall–Kier alpha value is -0.920. The Labute approximate surface area is 102 Å². The Morgan fingerprint density at radius 3 is 2.31 bits per heavy atom. The standard InChI is InChI=1S/C9H11BrN2O3S/c1-6(9(11)13)12-16(14,15)8-4-2-7(10)3-5-8/h2-6,12H,1H3,(H2,11,13)/t6-/m1/s1. The number of halogens is 1. The van der Waals surface area contributed by atoms with Gasteiger partial charge >= 0.3 is 0 Å². The summed E-state index contributed by atoms with van der Waals surface area (Å²) in [6, 6.07) is 5.13. The molecule has 0 radical (unpaired) electrons. The zero-order valence-corrected chi connectivity index (χ0v) is 10.9. The van der Waals surface area contributed by atoms with E-state index in [1.807, 2.05) is 0 Å². The van der Waals surface area contributed by atoms with Gasteiger partial charge in [-0.1, -0.05) is 15.9 Å². The van der Waals surface area contributed by atoms with E-state index in [2.05, 4.69) is 20.7 Å². The maximum Gasteiger partial charge on any atom is 0.241 e. The summed E-state index contributed by atoms with van der Waals surface area (Å²) in [6.07, 6.45) is 0. The van der Waals surface area contributed by atoms with Crippen LogP contribution >= 0.6 is 15.9 Å². The normalized spacial score (nSPS) is 13.4. The van der Waals surface area contributed by atoms with Gasteiger partial charge in [0.15, 0.2) is 0 Å².